The molecule has 1 heterocycles. The van der Waals surface area contributed by atoms with Crippen molar-refractivity contribution >= 4 is 29.1 Å². The molecule has 1 aliphatic carbocycles. The van der Waals surface area contributed by atoms with Crippen LogP contribution in [0.4, 0.5) is 5.69 Å². The summed E-state index contributed by atoms with van der Waals surface area (Å²) in [5.41, 5.74) is 1.20. The average molecular weight is 378 g/mol. The van der Waals surface area contributed by atoms with E-state index in [1.165, 1.54) is 19.3 Å². The van der Waals surface area contributed by atoms with Gasteiger partial charge in [-0.05, 0) is 49.8 Å². The van der Waals surface area contributed by atoms with Crippen molar-refractivity contribution in [2.24, 2.45) is 5.92 Å². The highest BCUT2D eigenvalue weighted by molar-refractivity contribution is 6.31. The Bertz CT molecular complexity index is 658. The molecule has 1 aromatic rings. The van der Waals surface area contributed by atoms with E-state index in [1.807, 2.05) is 4.90 Å². The lowest BCUT2D eigenvalue weighted by atomic mass is 9.86. The van der Waals surface area contributed by atoms with Crippen molar-refractivity contribution in [3.63, 3.8) is 0 Å². The number of rotatable bonds is 5. The predicted molar refractivity (Wildman–Crippen MR) is 105 cm³/mol. The molecule has 0 radical (unpaired) electrons. The van der Waals surface area contributed by atoms with Crippen LogP contribution in [0.15, 0.2) is 18.2 Å². The molecule has 2 unspecified atom stereocenters. The van der Waals surface area contributed by atoms with E-state index in [0.29, 0.717) is 22.2 Å². The van der Waals surface area contributed by atoms with Gasteiger partial charge >= 0.3 is 0 Å². The van der Waals surface area contributed by atoms with Gasteiger partial charge in [0, 0.05) is 29.8 Å². The number of halogens is 1. The van der Waals surface area contributed by atoms with Crippen molar-refractivity contribution in [2.75, 3.05) is 25.0 Å². The van der Waals surface area contributed by atoms with Crippen molar-refractivity contribution in [1.82, 2.24) is 10.2 Å². The summed E-state index contributed by atoms with van der Waals surface area (Å²) >= 11 is 6.10. The maximum atomic E-state index is 12.8. The topological polar surface area (TPSA) is 61.4 Å². The van der Waals surface area contributed by atoms with Crippen LogP contribution in [0, 0.1) is 5.92 Å². The summed E-state index contributed by atoms with van der Waals surface area (Å²) < 4.78 is 0. The van der Waals surface area contributed by atoms with E-state index in [1.54, 1.807) is 18.2 Å². The van der Waals surface area contributed by atoms with Gasteiger partial charge in [0.15, 0.2) is 0 Å². The molecule has 0 bridgehead atoms. The quantitative estimate of drug-likeness (QED) is 0.822. The number of carbonyl (C=O) groups is 2. The largest absolute Gasteiger partial charge is 0.376 e. The highest BCUT2D eigenvalue weighted by Crippen LogP contribution is 2.25. The van der Waals surface area contributed by atoms with Gasteiger partial charge in [-0.1, -0.05) is 31.4 Å². The zero-order valence-corrected chi connectivity index (χ0v) is 16.1. The summed E-state index contributed by atoms with van der Waals surface area (Å²) in [6.07, 6.45) is 6.72. The van der Waals surface area contributed by atoms with Crippen LogP contribution in [0.5, 0.6) is 0 Å². The maximum absolute atomic E-state index is 12.8. The fourth-order valence-corrected chi connectivity index (χ4v) is 4.07. The zero-order chi connectivity index (χ0) is 18.5. The van der Waals surface area contributed by atoms with Crippen LogP contribution >= 0.6 is 11.6 Å². The van der Waals surface area contributed by atoms with E-state index in [0.717, 1.165) is 32.4 Å². The van der Waals surface area contributed by atoms with Gasteiger partial charge in [-0.15, -0.1) is 0 Å². The first-order chi connectivity index (χ1) is 12.5. The molecule has 26 heavy (non-hydrogen) atoms. The third kappa shape index (κ3) is 4.70. The van der Waals surface area contributed by atoms with Gasteiger partial charge in [-0.25, -0.2) is 0 Å². The molecule has 2 N–H and O–H groups in total. The lowest BCUT2D eigenvalue weighted by Gasteiger charge is -2.29. The van der Waals surface area contributed by atoms with Crippen LogP contribution in [-0.4, -0.2) is 42.4 Å². The summed E-state index contributed by atoms with van der Waals surface area (Å²) in [5, 5.41) is 6.79. The fourth-order valence-electron chi connectivity index (χ4n) is 3.90. The Labute approximate surface area is 160 Å². The van der Waals surface area contributed by atoms with E-state index < -0.39 is 0 Å². The van der Waals surface area contributed by atoms with Crippen LogP contribution in [0.1, 0.15) is 55.8 Å². The number of hydrogen-bond donors (Lipinski definition) is 2. The molecule has 1 saturated carbocycles. The lowest BCUT2D eigenvalue weighted by molar-refractivity contribution is -0.120. The molecule has 6 heteroatoms. The molecule has 0 spiro atoms. The number of nitrogens with zero attached hydrogens (tertiary/aromatic N) is 1. The van der Waals surface area contributed by atoms with Crippen molar-refractivity contribution in [1.29, 1.82) is 0 Å². The summed E-state index contributed by atoms with van der Waals surface area (Å²) in [5.74, 6) is 0.475. The second-order valence-electron chi connectivity index (χ2n) is 7.48. The SMILES string of the molecule is CC1CCCCC1NC(=O)CNc1ccc(Cl)cc1C(=O)N1CCCC1. The summed E-state index contributed by atoms with van der Waals surface area (Å²) in [6.45, 7) is 3.92. The second kappa shape index (κ2) is 8.76. The number of amides is 2. The van der Waals surface area contributed by atoms with E-state index in [-0.39, 0.29) is 24.4 Å². The molecule has 5 nitrogen and oxygen atoms in total. The van der Waals surface area contributed by atoms with Crippen LogP contribution < -0.4 is 10.6 Å². The van der Waals surface area contributed by atoms with Gasteiger partial charge in [0.1, 0.15) is 0 Å². The summed E-state index contributed by atoms with van der Waals surface area (Å²) in [6, 6.07) is 5.47. The van der Waals surface area contributed by atoms with Crippen LogP contribution in [0.25, 0.3) is 0 Å². The van der Waals surface area contributed by atoms with Gasteiger partial charge in [0.2, 0.25) is 5.91 Å². The number of hydrogen-bond acceptors (Lipinski definition) is 3. The molecule has 1 saturated heterocycles. The Balaban J connectivity index is 1.62. The first-order valence-corrected chi connectivity index (χ1v) is 10.0. The maximum Gasteiger partial charge on any atom is 0.256 e. The second-order valence-corrected chi connectivity index (χ2v) is 7.91. The fraction of sp³-hybridized carbons (Fsp3) is 0.600. The van der Waals surface area contributed by atoms with Gasteiger partial charge in [0.05, 0.1) is 12.1 Å². The molecule has 2 atom stereocenters. The molecular weight excluding hydrogens is 350 g/mol. The zero-order valence-electron chi connectivity index (χ0n) is 15.4. The van der Waals surface area contributed by atoms with E-state index in [4.69, 9.17) is 11.6 Å². The standard InChI is InChI=1S/C20H28ClN3O2/c1-14-6-2-3-7-17(14)23-19(25)13-22-18-9-8-15(21)12-16(18)20(26)24-10-4-5-11-24/h8-9,12,14,17,22H,2-7,10-11,13H2,1H3,(H,23,25). The number of likely N-dealkylation sites (tertiary alicyclic amines) is 1. The van der Waals surface area contributed by atoms with E-state index in [2.05, 4.69) is 17.6 Å². The Morgan fingerprint density at radius 2 is 1.88 bits per heavy atom. The number of anilines is 1. The number of nitrogens with one attached hydrogen (secondary N) is 2. The van der Waals surface area contributed by atoms with Crippen molar-refractivity contribution in [3.05, 3.63) is 28.8 Å². The monoisotopic (exact) mass is 377 g/mol. The predicted octanol–water partition coefficient (Wildman–Crippen LogP) is 3.68. The van der Waals surface area contributed by atoms with Gasteiger partial charge < -0.3 is 15.5 Å². The molecule has 2 amide bonds. The highest BCUT2D eigenvalue weighted by Gasteiger charge is 2.24. The van der Waals surface area contributed by atoms with Crippen LogP contribution in [0.2, 0.25) is 5.02 Å². The Hall–Kier alpha value is -1.75. The average Bonchev–Trinajstić information content (AvgIpc) is 3.16. The van der Waals surface area contributed by atoms with Gasteiger partial charge in [-0.3, -0.25) is 9.59 Å². The van der Waals surface area contributed by atoms with E-state index in [9.17, 15) is 9.59 Å². The molecule has 142 valence electrons. The smallest absolute Gasteiger partial charge is 0.256 e. The minimum Gasteiger partial charge on any atom is -0.376 e. The number of benzene rings is 1. The molecule has 1 aromatic carbocycles. The molecule has 2 fully saturated rings. The molecule has 2 aliphatic rings. The lowest BCUT2D eigenvalue weighted by Crippen LogP contribution is -2.43. The summed E-state index contributed by atoms with van der Waals surface area (Å²) in [4.78, 5) is 26.9. The summed E-state index contributed by atoms with van der Waals surface area (Å²) in [7, 11) is 0. The minimum atomic E-state index is -0.0294. The van der Waals surface area contributed by atoms with Gasteiger partial charge in [0.25, 0.3) is 5.91 Å². The first kappa shape index (κ1) is 19.0. The molecular formula is C20H28ClN3O2. The normalized spacial score (nSPS) is 22.9. The minimum absolute atomic E-state index is 0.0196. The molecule has 3 rings (SSSR count). The molecule has 1 aliphatic heterocycles. The first-order valence-electron chi connectivity index (χ1n) is 9.66. The third-order valence-electron chi connectivity index (χ3n) is 5.50. The van der Waals surface area contributed by atoms with Crippen molar-refractivity contribution in [3.8, 4) is 0 Å². The van der Waals surface area contributed by atoms with Crippen molar-refractivity contribution in [2.45, 2.75) is 51.5 Å². The van der Waals surface area contributed by atoms with Gasteiger partial charge in [-0.2, -0.15) is 0 Å². The van der Waals surface area contributed by atoms with E-state index >= 15 is 0 Å². The van der Waals surface area contributed by atoms with Crippen LogP contribution in [-0.2, 0) is 4.79 Å². The van der Waals surface area contributed by atoms with Crippen LogP contribution in [0.3, 0.4) is 0 Å². The van der Waals surface area contributed by atoms with Crippen molar-refractivity contribution < 1.29 is 9.59 Å². The third-order valence-corrected chi connectivity index (χ3v) is 5.74. The molecule has 0 aromatic heterocycles. The Kier molecular flexibility index (Phi) is 6.41. The number of carbonyl (C=O) groups excluding carboxylic acids is 2. The Morgan fingerprint density at radius 3 is 2.62 bits per heavy atom. The Morgan fingerprint density at radius 1 is 1.15 bits per heavy atom. The highest BCUT2D eigenvalue weighted by atomic mass is 35.5.